The van der Waals surface area contributed by atoms with Gasteiger partial charge < -0.3 is 20.7 Å². The van der Waals surface area contributed by atoms with Crippen LogP contribution in [0, 0.1) is 0 Å². The standard InChI is InChI=1S/C14H19NO5/c1-2-20-14(19)13(18)10-5-3-9(4-6-10)12(17)11(16)7-8-15/h3-6,11-12,16-17H,2,7-8,15H2,1H3. The van der Waals surface area contributed by atoms with Gasteiger partial charge in [-0.15, -0.1) is 0 Å². The van der Waals surface area contributed by atoms with Crippen LogP contribution >= 0.6 is 0 Å². The van der Waals surface area contributed by atoms with E-state index in [2.05, 4.69) is 4.74 Å². The Morgan fingerprint density at radius 1 is 1.25 bits per heavy atom. The maximum atomic E-state index is 11.6. The Morgan fingerprint density at radius 3 is 2.35 bits per heavy atom. The number of benzene rings is 1. The van der Waals surface area contributed by atoms with Crippen LogP contribution in [0.1, 0.15) is 35.4 Å². The molecule has 0 amide bonds. The number of esters is 1. The highest BCUT2D eigenvalue weighted by Gasteiger charge is 2.20. The van der Waals surface area contributed by atoms with E-state index in [-0.39, 0.29) is 25.1 Å². The molecule has 2 unspecified atom stereocenters. The molecule has 2 atom stereocenters. The molecule has 6 heteroatoms. The zero-order valence-electron chi connectivity index (χ0n) is 11.3. The van der Waals surface area contributed by atoms with E-state index in [4.69, 9.17) is 5.73 Å². The molecule has 0 heterocycles. The predicted molar refractivity (Wildman–Crippen MR) is 72.0 cm³/mol. The highest BCUT2D eigenvalue weighted by molar-refractivity contribution is 6.40. The SMILES string of the molecule is CCOC(=O)C(=O)c1ccc(C(O)C(O)CCN)cc1. The number of carbonyl (C=O) groups is 2. The summed E-state index contributed by atoms with van der Waals surface area (Å²) in [6.45, 7) is 2.01. The molecule has 0 aliphatic rings. The minimum absolute atomic E-state index is 0.132. The van der Waals surface area contributed by atoms with Gasteiger partial charge in [-0.2, -0.15) is 0 Å². The second kappa shape index (κ2) is 7.74. The minimum atomic E-state index is -1.08. The number of ether oxygens (including phenoxy) is 1. The summed E-state index contributed by atoms with van der Waals surface area (Å²) in [6.07, 6.45) is -1.78. The molecule has 0 aliphatic heterocycles. The molecule has 0 bridgehead atoms. The summed E-state index contributed by atoms with van der Waals surface area (Å²) in [6, 6.07) is 5.79. The van der Waals surface area contributed by atoms with Gasteiger partial charge in [-0.1, -0.05) is 24.3 Å². The van der Waals surface area contributed by atoms with Gasteiger partial charge in [0.15, 0.2) is 0 Å². The van der Waals surface area contributed by atoms with E-state index in [1.165, 1.54) is 24.3 Å². The average Bonchev–Trinajstić information content (AvgIpc) is 2.46. The van der Waals surface area contributed by atoms with Crippen LogP contribution in [0.3, 0.4) is 0 Å². The number of Topliss-reactive ketones (excluding diaryl/α,β-unsaturated/α-hetero) is 1. The number of nitrogens with two attached hydrogens (primary N) is 1. The number of ketones is 1. The zero-order valence-corrected chi connectivity index (χ0v) is 11.3. The van der Waals surface area contributed by atoms with Crippen molar-refractivity contribution in [2.75, 3.05) is 13.2 Å². The Bertz CT molecular complexity index is 457. The lowest BCUT2D eigenvalue weighted by molar-refractivity contribution is -0.137. The van der Waals surface area contributed by atoms with E-state index in [1.54, 1.807) is 6.92 Å². The zero-order chi connectivity index (χ0) is 15.1. The molecule has 20 heavy (non-hydrogen) atoms. The molecule has 1 aromatic carbocycles. The summed E-state index contributed by atoms with van der Waals surface area (Å²) in [7, 11) is 0. The lowest BCUT2D eigenvalue weighted by Crippen LogP contribution is -2.22. The topological polar surface area (TPSA) is 110 Å². The molecule has 0 radical (unpaired) electrons. The van der Waals surface area contributed by atoms with Crippen molar-refractivity contribution in [2.45, 2.75) is 25.6 Å². The molecule has 0 aliphatic carbocycles. The van der Waals surface area contributed by atoms with Crippen LogP contribution < -0.4 is 5.73 Å². The first-order valence-electron chi connectivity index (χ1n) is 6.38. The van der Waals surface area contributed by atoms with Gasteiger partial charge in [-0.25, -0.2) is 4.79 Å². The Hall–Kier alpha value is -1.76. The fourth-order valence-electron chi connectivity index (χ4n) is 1.70. The molecule has 6 nitrogen and oxygen atoms in total. The Balaban J connectivity index is 2.78. The largest absolute Gasteiger partial charge is 0.460 e. The molecule has 0 saturated heterocycles. The first-order valence-corrected chi connectivity index (χ1v) is 6.38. The van der Waals surface area contributed by atoms with Crippen LogP contribution in [0.4, 0.5) is 0 Å². The van der Waals surface area contributed by atoms with Gasteiger partial charge in [0, 0.05) is 5.56 Å². The Kier molecular flexibility index (Phi) is 6.30. The van der Waals surface area contributed by atoms with Crippen LogP contribution in [0.25, 0.3) is 0 Å². The number of hydrogen-bond acceptors (Lipinski definition) is 6. The van der Waals surface area contributed by atoms with Crippen LogP contribution in [0.2, 0.25) is 0 Å². The van der Waals surface area contributed by atoms with Gasteiger partial charge in [0.25, 0.3) is 5.78 Å². The summed E-state index contributed by atoms with van der Waals surface area (Å²) in [5.41, 5.74) is 5.93. The monoisotopic (exact) mass is 281 g/mol. The van der Waals surface area contributed by atoms with Crippen LogP contribution in [0.5, 0.6) is 0 Å². The van der Waals surface area contributed by atoms with E-state index in [1.807, 2.05) is 0 Å². The third-order valence-electron chi connectivity index (χ3n) is 2.80. The third kappa shape index (κ3) is 4.12. The van der Waals surface area contributed by atoms with Crippen molar-refractivity contribution in [3.05, 3.63) is 35.4 Å². The smallest absolute Gasteiger partial charge is 0.379 e. The molecule has 0 fully saturated rings. The predicted octanol–water partition coefficient (Wildman–Crippen LogP) is 0.175. The summed E-state index contributed by atoms with van der Waals surface area (Å²) >= 11 is 0. The normalized spacial score (nSPS) is 13.6. The number of hydrogen-bond donors (Lipinski definition) is 3. The quantitative estimate of drug-likeness (QED) is 0.373. The molecule has 1 rings (SSSR count). The van der Waals surface area contributed by atoms with Crippen LogP contribution in [-0.2, 0) is 9.53 Å². The minimum Gasteiger partial charge on any atom is -0.460 e. The molecule has 4 N–H and O–H groups in total. The van der Waals surface area contributed by atoms with Crippen molar-refractivity contribution >= 4 is 11.8 Å². The van der Waals surface area contributed by atoms with Crippen molar-refractivity contribution in [3.63, 3.8) is 0 Å². The van der Waals surface area contributed by atoms with Crippen molar-refractivity contribution in [1.29, 1.82) is 0 Å². The molecule has 0 aromatic heterocycles. The van der Waals surface area contributed by atoms with Crippen molar-refractivity contribution in [3.8, 4) is 0 Å². The maximum Gasteiger partial charge on any atom is 0.379 e. The van der Waals surface area contributed by atoms with Crippen molar-refractivity contribution in [2.24, 2.45) is 5.73 Å². The van der Waals surface area contributed by atoms with Gasteiger partial charge in [0.05, 0.1) is 12.7 Å². The Morgan fingerprint density at radius 2 is 1.85 bits per heavy atom. The van der Waals surface area contributed by atoms with E-state index in [0.29, 0.717) is 5.56 Å². The number of rotatable bonds is 7. The van der Waals surface area contributed by atoms with Gasteiger partial charge >= 0.3 is 5.97 Å². The van der Waals surface area contributed by atoms with E-state index < -0.39 is 24.0 Å². The lowest BCUT2D eigenvalue weighted by atomic mass is 10.00. The second-order valence-electron chi connectivity index (χ2n) is 4.26. The van der Waals surface area contributed by atoms with Crippen LogP contribution in [0.15, 0.2) is 24.3 Å². The summed E-state index contributed by atoms with van der Waals surface area (Å²) in [4.78, 5) is 22.9. The first-order chi connectivity index (χ1) is 9.51. The third-order valence-corrected chi connectivity index (χ3v) is 2.80. The lowest BCUT2D eigenvalue weighted by Gasteiger charge is -2.17. The molecule has 110 valence electrons. The van der Waals surface area contributed by atoms with Crippen LogP contribution in [-0.4, -0.2) is 41.2 Å². The number of aliphatic hydroxyl groups excluding tert-OH is 2. The molecule has 1 aromatic rings. The highest BCUT2D eigenvalue weighted by atomic mass is 16.5. The van der Waals surface area contributed by atoms with Crippen molar-refractivity contribution in [1.82, 2.24) is 0 Å². The van der Waals surface area contributed by atoms with Crippen molar-refractivity contribution < 1.29 is 24.5 Å². The molecule has 0 spiro atoms. The number of carbonyl (C=O) groups excluding carboxylic acids is 2. The maximum absolute atomic E-state index is 11.6. The van der Waals surface area contributed by atoms with Gasteiger partial charge in [-0.05, 0) is 25.5 Å². The summed E-state index contributed by atoms with van der Waals surface area (Å²) < 4.78 is 4.61. The van der Waals surface area contributed by atoms with Gasteiger partial charge in [0.2, 0.25) is 0 Å². The molecule has 0 saturated carbocycles. The van der Waals surface area contributed by atoms with E-state index >= 15 is 0 Å². The van der Waals surface area contributed by atoms with Gasteiger partial charge in [0.1, 0.15) is 6.10 Å². The first kappa shape index (κ1) is 16.3. The second-order valence-corrected chi connectivity index (χ2v) is 4.26. The molecular weight excluding hydrogens is 262 g/mol. The summed E-state index contributed by atoms with van der Waals surface area (Å²) in [5, 5.41) is 19.5. The van der Waals surface area contributed by atoms with E-state index in [9.17, 15) is 19.8 Å². The summed E-state index contributed by atoms with van der Waals surface area (Å²) in [5.74, 6) is -1.65. The average molecular weight is 281 g/mol. The van der Waals surface area contributed by atoms with Gasteiger partial charge in [-0.3, -0.25) is 4.79 Å². The highest BCUT2D eigenvalue weighted by Crippen LogP contribution is 2.19. The number of aliphatic hydroxyl groups is 2. The Labute approximate surface area is 117 Å². The fraction of sp³-hybridized carbons (Fsp3) is 0.429. The van der Waals surface area contributed by atoms with E-state index in [0.717, 1.165) is 0 Å². The molecular formula is C14H19NO5. The fourth-order valence-corrected chi connectivity index (χ4v) is 1.70.